The van der Waals surface area contributed by atoms with Crippen molar-refractivity contribution in [1.29, 1.82) is 0 Å². The molecule has 4 rings (SSSR count). The summed E-state index contributed by atoms with van der Waals surface area (Å²) in [5.41, 5.74) is 10.5. The second-order valence-electron chi connectivity index (χ2n) is 23.1. The van der Waals surface area contributed by atoms with Gasteiger partial charge in [-0.05, 0) is 84.6 Å². The molecule has 0 unspecified atom stereocenters. The average molecular weight is 767 g/mol. The first-order valence-electron chi connectivity index (χ1n) is 20.8. The molecule has 312 valence electrons. The van der Waals surface area contributed by atoms with Gasteiger partial charge >= 0.3 is 0 Å². The van der Waals surface area contributed by atoms with Gasteiger partial charge in [-0.25, -0.2) is 4.39 Å². The SMILES string of the molecule is CC(C)(C)c1ccc(C(C)(C)C)c(F)c1.CC(C)(C)c1ccc(C(C)(C)C)cc1.CC(C)(C)c1ccc(C(C)(C)C)nc1.CC(C)c1ccc(C(C)(C)C)nc1. The predicted molar refractivity (Wildman–Crippen MR) is 246 cm³/mol. The minimum atomic E-state index is -0.125. The van der Waals surface area contributed by atoms with Crippen LogP contribution in [-0.2, 0) is 37.9 Å². The molecule has 0 saturated heterocycles. The minimum Gasteiger partial charge on any atom is -0.260 e. The highest BCUT2D eigenvalue weighted by Crippen LogP contribution is 2.31. The highest BCUT2D eigenvalue weighted by molar-refractivity contribution is 5.33. The van der Waals surface area contributed by atoms with Gasteiger partial charge in [0, 0.05) is 34.6 Å². The van der Waals surface area contributed by atoms with Gasteiger partial charge in [-0.1, -0.05) is 208 Å². The Balaban J connectivity index is 0.000000374. The summed E-state index contributed by atoms with van der Waals surface area (Å²) in [6.07, 6.45) is 3.99. The lowest BCUT2D eigenvalue weighted by atomic mass is 9.82. The summed E-state index contributed by atoms with van der Waals surface area (Å²) in [6, 6.07) is 23.3. The van der Waals surface area contributed by atoms with Crippen molar-refractivity contribution in [1.82, 2.24) is 9.97 Å². The molecule has 2 nitrogen and oxygen atoms in total. The molecule has 3 heteroatoms. The second kappa shape index (κ2) is 18.9. The first kappa shape index (κ1) is 50.7. The topological polar surface area (TPSA) is 25.8 Å². The van der Waals surface area contributed by atoms with Gasteiger partial charge in [0.15, 0.2) is 0 Å². The van der Waals surface area contributed by atoms with Gasteiger partial charge < -0.3 is 0 Å². The van der Waals surface area contributed by atoms with Crippen molar-refractivity contribution in [3.63, 3.8) is 0 Å². The first-order valence-corrected chi connectivity index (χ1v) is 20.8. The fourth-order valence-electron chi connectivity index (χ4n) is 5.53. The maximum Gasteiger partial charge on any atom is 0.127 e. The zero-order valence-electron chi connectivity index (χ0n) is 40.4. The number of aromatic nitrogens is 2. The van der Waals surface area contributed by atoms with E-state index in [1.165, 1.54) is 22.3 Å². The molecule has 0 radical (unpaired) electrons. The first-order chi connectivity index (χ1) is 25.0. The van der Waals surface area contributed by atoms with Crippen molar-refractivity contribution < 1.29 is 4.39 Å². The van der Waals surface area contributed by atoms with Gasteiger partial charge in [-0.15, -0.1) is 0 Å². The molecule has 2 aromatic carbocycles. The number of hydrogen-bond donors (Lipinski definition) is 0. The fraction of sp³-hybridized carbons (Fsp3) is 0.585. The van der Waals surface area contributed by atoms with Crippen LogP contribution in [0.15, 0.2) is 79.1 Å². The molecule has 4 aromatic rings. The van der Waals surface area contributed by atoms with Crippen molar-refractivity contribution in [2.75, 3.05) is 0 Å². The van der Waals surface area contributed by atoms with Crippen LogP contribution in [0.25, 0.3) is 0 Å². The molecule has 0 fully saturated rings. The summed E-state index contributed by atoms with van der Waals surface area (Å²) >= 11 is 0. The molecule has 0 spiro atoms. The molecule has 56 heavy (non-hydrogen) atoms. The van der Waals surface area contributed by atoms with Crippen LogP contribution in [0, 0.1) is 5.82 Å². The van der Waals surface area contributed by atoms with Crippen LogP contribution in [0.4, 0.5) is 4.39 Å². The summed E-state index contributed by atoms with van der Waals surface area (Å²) in [6.45, 7) is 50.0. The Kier molecular flexibility index (Phi) is 17.2. The van der Waals surface area contributed by atoms with E-state index in [2.05, 4.69) is 197 Å². The predicted octanol–water partition coefficient (Wildman–Crippen LogP) is 15.9. The lowest BCUT2D eigenvalue weighted by Gasteiger charge is -2.24. The zero-order valence-corrected chi connectivity index (χ0v) is 40.4. The van der Waals surface area contributed by atoms with E-state index < -0.39 is 0 Å². The van der Waals surface area contributed by atoms with Gasteiger partial charge in [-0.2, -0.15) is 0 Å². The Morgan fingerprint density at radius 1 is 0.375 bits per heavy atom. The maximum atomic E-state index is 13.9. The molecule has 2 aromatic heterocycles. The van der Waals surface area contributed by atoms with E-state index in [9.17, 15) is 4.39 Å². The molecule has 0 saturated carbocycles. The highest BCUT2D eigenvalue weighted by atomic mass is 19.1. The van der Waals surface area contributed by atoms with Gasteiger partial charge in [-0.3, -0.25) is 9.97 Å². The minimum absolute atomic E-state index is 0.0112. The van der Waals surface area contributed by atoms with E-state index in [0.717, 1.165) is 22.5 Å². The zero-order chi connectivity index (χ0) is 43.9. The van der Waals surface area contributed by atoms with Crippen molar-refractivity contribution in [3.8, 4) is 0 Å². The maximum absolute atomic E-state index is 13.9. The highest BCUT2D eigenvalue weighted by Gasteiger charge is 2.22. The van der Waals surface area contributed by atoms with E-state index in [4.69, 9.17) is 0 Å². The molecule has 0 aliphatic rings. The van der Waals surface area contributed by atoms with E-state index in [0.29, 0.717) is 5.92 Å². The quantitative estimate of drug-likeness (QED) is 0.193. The van der Waals surface area contributed by atoms with E-state index in [1.807, 2.05) is 45.3 Å². The van der Waals surface area contributed by atoms with E-state index in [-0.39, 0.29) is 43.7 Å². The second-order valence-corrected chi connectivity index (χ2v) is 23.1. The van der Waals surface area contributed by atoms with Gasteiger partial charge in [0.1, 0.15) is 5.82 Å². The largest absolute Gasteiger partial charge is 0.260 e. The summed E-state index contributed by atoms with van der Waals surface area (Å²) in [4.78, 5) is 8.99. The lowest BCUT2D eigenvalue weighted by molar-refractivity contribution is 0.513. The Morgan fingerprint density at radius 3 is 0.964 bits per heavy atom. The number of halogens is 1. The monoisotopic (exact) mass is 767 g/mol. The average Bonchev–Trinajstić information content (AvgIpc) is 3.03. The summed E-state index contributed by atoms with van der Waals surface area (Å²) in [5.74, 6) is 0.483. The molecule has 2 heterocycles. The molecule has 0 aliphatic heterocycles. The Bertz CT molecular complexity index is 1610. The summed E-state index contributed by atoms with van der Waals surface area (Å²) in [7, 11) is 0. The number of pyridine rings is 2. The smallest absolute Gasteiger partial charge is 0.127 e. The van der Waals surface area contributed by atoms with Crippen LogP contribution < -0.4 is 0 Å². The summed E-state index contributed by atoms with van der Waals surface area (Å²) < 4.78 is 13.9. The standard InChI is InChI=1S/C14H21F.C14H22.C13H21N.C12H19N/c1-13(2,3)10-7-8-11(12(15)9-10)14(4,5)6;1-13(2,3)11-7-9-12(10-8-11)14(4,5)6;1-12(2,3)10-7-8-11(14-9-10)13(4,5)6;1-9(2)10-6-7-11(13-8-10)12(3,4)5/h7-9H,1-6H3;7-10H,1-6H3;7-9H,1-6H3;6-9H,1-5H3. The third-order valence-corrected chi connectivity index (χ3v) is 9.88. The Labute approximate surface area is 346 Å². The molecular weight excluding hydrogens is 684 g/mol. The molecule has 0 aliphatic carbocycles. The summed E-state index contributed by atoms with van der Waals surface area (Å²) in [5, 5.41) is 0. The Morgan fingerprint density at radius 2 is 0.714 bits per heavy atom. The fourth-order valence-corrected chi connectivity index (χ4v) is 5.53. The number of hydrogen-bond acceptors (Lipinski definition) is 2. The number of nitrogens with zero attached hydrogens (tertiary/aromatic N) is 2. The van der Waals surface area contributed by atoms with E-state index >= 15 is 0 Å². The third kappa shape index (κ3) is 17.0. The van der Waals surface area contributed by atoms with E-state index in [1.54, 1.807) is 6.07 Å². The molecule has 0 amide bonds. The van der Waals surface area contributed by atoms with Crippen molar-refractivity contribution in [2.45, 2.75) is 203 Å². The van der Waals surface area contributed by atoms with Crippen molar-refractivity contribution >= 4 is 0 Å². The molecular formula is C53H83FN2. The molecule has 0 N–H and O–H groups in total. The van der Waals surface area contributed by atoms with Gasteiger partial charge in [0.05, 0.1) is 0 Å². The molecule has 0 bridgehead atoms. The third-order valence-electron chi connectivity index (χ3n) is 9.88. The lowest BCUT2D eigenvalue weighted by Crippen LogP contribution is -2.16. The van der Waals surface area contributed by atoms with Crippen LogP contribution in [-0.4, -0.2) is 9.97 Å². The van der Waals surface area contributed by atoms with Crippen LogP contribution in [0.1, 0.15) is 210 Å². The van der Waals surface area contributed by atoms with Crippen LogP contribution in [0.3, 0.4) is 0 Å². The van der Waals surface area contributed by atoms with Crippen molar-refractivity contribution in [3.05, 3.63) is 130 Å². The van der Waals surface area contributed by atoms with Gasteiger partial charge in [0.25, 0.3) is 0 Å². The van der Waals surface area contributed by atoms with Crippen LogP contribution in [0.2, 0.25) is 0 Å². The van der Waals surface area contributed by atoms with Crippen LogP contribution >= 0.6 is 0 Å². The van der Waals surface area contributed by atoms with Crippen LogP contribution in [0.5, 0.6) is 0 Å². The number of benzene rings is 2. The molecule has 0 atom stereocenters. The van der Waals surface area contributed by atoms with Crippen molar-refractivity contribution in [2.24, 2.45) is 0 Å². The Hall–Kier alpha value is -3.33. The van der Waals surface area contributed by atoms with Gasteiger partial charge in [0.2, 0.25) is 0 Å². The normalized spacial score (nSPS) is 12.8. The number of rotatable bonds is 1.